The van der Waals surface area contributed by atoms with Crippen LogP contribution in [-0.4, -0.2) is 59.9 Å². The number of pyridine rings is 1. The number of fused-ring (bicyclic) bond motifs is 1. The molecule has 2 unspecified atom stereocenters. The van der Waals surface area contributed by atoms with Crippen LogP contribution in [0.2, 0.25) is 0 Å². The summed E-state index contributed by atoms with van der Waals surface area (Å²) in [6.07, 6.45) is 6.08. The van der Waals surface area contributed by atoms with Crippen molar-refractivity contribution < 1.29 is 14.3 Å². The van der Waals surface area contributed by atoms with Crippen molar-refractivity contribution in [3.05, 3.63) is 42.2 Å². The number of thiazole rings is 1. The molecule has 2 atom stereocenters. The van der Waals surface area contributed by atoms with Crippen molar-refractivity contribution in [1.29, 1.82) is 0 Å². The number of aromatic nitrogens is 2. The monoisotopic (exact) mass is 424 g/mol. The minimum atomic E-state index is -0.170. The van der Waals surface area contributed by atoms with E-state index in [9.17, 15) is 4.79 Å². The second-order valence-corrected chi connectivity index (χ2v) is 8.74. The van der Waals surface area contributed by atoms with Gasteiger partial charge in [0.1, 0.15) is 11.9 Å². The molecule has 7 nitrogen and oxygen atoms in total. The zero-order valence-corrected chi connectivity index (χ0v) is 17.6. The summed E-state index contributed by atoms with van der Waals surface area (Å²) in [4.78, 5) is 23.5. The Morgan fingerprint density at radius 3 is 2.90 bits per heavy atom. The van der Waals surface area contributed by atoms with Crippen LogP contribution in [0.3, 0.4) is 0 Å². The van der Waals surface area contributed by atoms with Gasteiger partial charge >= 0.3 is 5.97 Å². The minimum Gasteiger partial charge on any atom is -0.468 e. The number of anilines is 1. The number of benzene rings is 1. The number of rotatable bonds is 6. The maximum absolute atomic E-state index is 11.4. The van der Waals surface area contributed by atoms with Gasteiger partial charge in [0.15, 0.2) is 6.23 Å². The Labute approximate surface area is 179 Å². The van der Waals surface area contributed by atoms with Crippen molar-refractivity contribution in [2.24, 2.45) is 5.92 Å². The van der Waals surface area contributed by atoms with E-state index in [0.717, 1.165) is 47.4 Å². The molecule has 0 bridgehead atoms. The van der Waals surface area contributed by atoms with Gasteiger partial charge in [0.2, 0.25) is 0 Å². The Morgan fingerprint density at radius 1 is 1.27 bits per heavy atom. The van der Waals surface area contributed by atoms with Crippen LogP contribution in [0.4, 0.5) is 5.82 Å². The zero-order chi connectivity index (χ0) is 20.5. The van der Waals surface area contributed by atoms with E-state index < -0.39 is 0 Å². The van der Waals surface area contributed by atoms with Gasteiger partial charge in [0.25, 0.3) is 0 Å². The van der Waals surface area contributed by atoms with Crippen LogP contribution in [0.15, 0.2) is 42.2 Å². The van der Waals surface area contributed by atoms with E-state index >= 15 is 0 Å². The molecule has 1 aromatic carbocycles. The van der Waals surface area contributed by atoms with Crippen LogP contribution in [0.25, 0.3) is 21.2 Å². The molecule has 0 saturated carbocycles. The van der Waals surface area contributed by atoms with Crippen LogP contribution in [0, 0.1) is 5.92 Å². The second-order valence-electron chi connectivity index (χ2n) is 7.85. The fourth-order valence-corrected chi connectivity index (χ4v) is 4.78. The fraction of sp³-hybridized carbons (Fsp3) is 0.409. The lowest BCUT2D eigenvalue weighted by atomic mass is 9.93. The summed E-state index contributed by atoms with van der Waals surface area (Å²) in [5.74, 6) is 1.17. The summed E-state index contributed by atoms with van der Waals surface area (Å²) in [5, 5.41) is 5.69. The van der Waals surface area contributed by atoms with Gasteiger partial charge in [-0.1, -0.05) is 12.1 Å². The molecule has 2 saturated heterocycles. The normalized spacial score (nSPS) is 22.2. The standard InChI is InChI=1S/C22H24N4O3S/c1-28-20(27)12-26-6-4-14(5-7-26)21-22(29-21)25-19-9-17-8-15(18-11-23-13-30-18)2-3-16(17)10-24-19/h2-3,8-11,13-14,21-22H,4-7,12H2,1H3,(H,24,25). The molecule has 0 amide bonds. The predicted molar refractivity (Wildman–Crippen MR) is 116 cm³/mol. The van der Waals surface area contributed by atoms with Gasteiger partial charge in [-0.25, -0.2) is 4.98 Å². The Kier molecular flexibility index (Phi) is 5.37. The maximum Gasteiger partial charge on any atom is 0.319 e. The van der Waals surface area contributed by atoms with Gasteiger partial charge in [0, 0.05) is 17.8 Å². The first-order chi connectivity index (χ1) is 14.7. The van der Waals surface area contributed by atoms with Crippen molar-refractivity contribution in [3.8, 4) is 10.4 Å². The third kappa shape index (κ3) is 4.16. The summed E-state index contributed by atoms with van der Waals surface area (Å²) in [6.45, 7) is 2.18. The van der Waals surface area contributed by atoms with Gasteiger partial charge in [-0.15, -0.1) is 11.3 Å². The Balaban J connectivity index is 1.19. The third-order valence-corrected chi connectivity index (χ3v) is 6.75. The van der Waals surface area contributed by atoms with Gasteiger partial charge in [0.05, 0.1) is 24.0 Å². The highest BCUT2D eigenvalue weighted by atomic mass is 32.1. The van der Waals surface area contributed by atoms with Crippen molar-refractivity contribution in [3.63, 3.8) is 0 Å². The van der Waals surface area contributed by atoms with E-state index in [2.05, 4.69) is 44.5 Å². The third-order valence-electron chi connectivity index (χ3n) is 5.93. The number of likely N-dealkylation sites (tertiary alicyclic amines) is 1. The largest absolute Gasteiger partial charge is 0.468 e. The van der Waals surface area contributed by atoms with Gasteiger partial charge in [-0.3, -0.25) is 14.7 Å². The van der Waals surface area contributed by atoms with Crippen LogP contribution in [0.1, 0.15) is 12.8 Å². The molecule has 30 heavy (non-hydrogen) atoms. The van der Waals surface area contributed by atoms with E-state index in [0.29, 0.717) is 12.5 Å². The van der Waals surface area contributed by atoms with E-state index in [-0.39, 0.29) is 18.3 Å². The molecular weight excluding hydrogens is 400 g/mol. The number of ether oxygens (including phenoxy) is 2. The van der Waals surface area contributed by atoms with Crippen molar-refractivity contribution in [1.82, 2.24) is 14.9 Å². The van der Waals surface area contributed by atoms with Crippen LogP contribution < -0.4 is 5.32 Å². The molecule has 2 fully saturated rings. The lowest BCUT2D eigenvalue weighted by molar-refractivity contribution is -0.142. The molecule has 8 heteroatoms. The van der Waals surface area contributed by atoms with Gasteiger partial charge in [-0.05, 0) is 54.9 Å². The van der Waals surface area contributed by atoms with E-state index in [1.54, 1.807) is 11.3 Å². The van der Waals surface area contributed by atoms with Gasteiger partial charge < -0.3 is 14.8 Å². The number of nitrogens with zero attached hydrogens (tertiary/aromatic N) is 3. The molecule has 1 N–H and O–H groups in total. The Morgan fingerprint density at radius 2 is 2.13 bits per heavy atom. The summed E-state index contributed by atoms with van der Waals surface area (Å²) < 4.78 is 10.7. The highest BCUT2D eigenvalue weighted by Gasteiger charge is 2.46. The van der Waals surface area contributed by atoms with Crippen LogP contribution >= 0.6 is 11.3 Å². The topological polar surface area (TPSA) is 79.9 Å². The zero-order valence-electron chi connectivity index (χ0n) is 16.8. The number of hydrogen-bond donors (Lipinski definition) is 1. The molecule has 0 radical (unpaired) electrons. The fourth-order valence-electron chi connectivity index (χ4n) is 4.16. The molecule has 3 aromatic rings. The molecule has 156 valence electrons. The van der Waals surface area contributed by atoms with Crippen molar-refractivity contribution in [2.45, 2.75) is 25.2 Å². The minimum absolute atomic E-state index is 0.0109. The summed E-state index contributed by atoms with van der Waals surface area (Å²) in [5.41, 5.74) is 3.02. The smallest absolute Gasteiger partial charge is 0.319 e. The summed E-state index contributed by atoms with van der Waals surface area (Å²) in [7, 11) is 1.43. The lowest BCUT2D eigenvalue weighted by Crippen LogP contribution is -2.39. The molecule has 0 aliphatic carbocycles. The van der Waals surface area contributed by atoms with Crippen LogP contribution in [0.5, 0.6) is 0 Å². The number of carbonyl (C=O) groups excluding carboxylic acids is 1. The highest BCUT2D eigenvalue weighted by Crippen LogP contribution is 2.36. The lowest BCUT2D eigenvalue weighted by Gasteiger charge is -2.30. The molecule has 2 aliphatic heterocycles. The molecule has 0 spiro atoms. The average Bonchev–Trinajstić information content (AvgIpc) is 3.31. The number of esters is 1. The first-order valence-electron chi connectivity index (χ1n) is 10.2. The molecule has 2 aromatic heterocycles. The first-order valence-corrected chi connectivity index (χ1v) is 11.1. The first kappa shape index (κ1) is 19.4. The molecular formula is C22H24N4O3S. The maximum atomic E-state index is 11.4. The number of piperidine rings is 1. The predicted octanol–water partition coefficient (Wildman–Crippen LogP) is 3.38. The molecule has 4 heterocycles. The number of epoxide rings is 1. The SMILES string of the molecule is COC(=O)CN1CCC(C2OC2Nc2cc3cc(-c4cncs4)ccc3cn2)CC1. The number of nitrogens with one attached hydrogen (secondary N) is 1. The Bertz CT molecular complexity index is 1030. The number of methoxy groups -OCH3 is 1. The number of carbonyl (C=O) groups is 1. The molecule has 5 rings (SSSR count). The van der Waals surface area contributed by atoms with Crippen molar-refractivity contribution in [2.75, 3.05) is 32.1 Å². The summed E-state index contributed by atoms with van der Waals surface area (Å²) in [6, 6.07) is 8.46. The highest BCUT2D eigenvalue weighted by molar-refractivity contribution is 7.13. The summed E-state index contributed by atoms with van der Waals surface area (Å²) >= 11 is 1.64. The van der Waals surface area contributed by atoms with Gasteiger partial charge in [-0.2, -0.15) is 0 Å². The van der Waals surface area contributed by atoms with E-state index in [4.69, 9.17) is 9.47 Å². The average molecular weight is 425 g/mol. The van der Waals surface area contributed by atoms with E-state index in [1.807, 2.05) is 17.9 Å². The molecule has 2 aliphatic rings. The quantitative estimate of drug-likeness (QED) is 0.480. The van der Waals surface area contributed by atoms with E-state index in [1.165, 1.54) is 12.7 Å². The second kappa shape index (κ2) is 8.29. The van der Waals surface area contributed by atoms with Crippen molar-refractivity contribution >= 4 is 33.9 Å². The van der Waals surface area contributed by atoms with Crippen LogP contribution in [-0.2, 0) is 14.3 Å². The number of hydrogen-bond acceptors (Lipinski definition) is 8. The Hall–Kier alpha value is -2.55.